The largest absolute Gasteiger partial charge is 0.350 e. The molecule has 1 aliphatic heterocycles. The molecule has 25 heavy (non-hydrogen) atoms. The van der Waals surface area contributed by atoms with Crippen LogP contribution in [0.3, 0.4) is 0 Å². The molecular formula is C19H30N4O2. The first kappa shape index (κ1) is 19.4. The molecule has 1 saturated heterocycles. The maximum Gasteiger partial charge on any atom is 0.239 e. The molecule has 0 spiro atoms. The fraction of sp³-hybridized carbons (Fsp3) is 0.579. The number of hydrogen-bond acceptors (Lipinski definition) is 4. The van der Waals surface area contributed by atoms with E-state index in [0.29, 0.717) is 6.54 Å². The molecule has 0 saturated carbocycles. The second kappa shape index (κ2) is 9.53. The molecular weight excluding hydrogens is 316 g/mol. The molecule has 4 N–H and O–H groups in total. The van der Waals surface area contributed by atoms with Crippen molar-refractivity contribution in [3.8, 4) is 0 Å². The molecule has 2 rings (SSSR count). The molecule has 1 aliphatic rings. The van der Waals surface area contributed by atoms with Gasteiger partial charge in [0.2, 0.25) is 11.8 Å². The zero-order chi connectivity index (χ0) is 18.2. The Morgan fingerprint density at radius 2 is 1.76 bits per heavy atom. The van der Waals surface area contributed by atoms with Crippen molar-refractivity contribution < 1.29 is 9.59 Å². The second-order valence-electron chi connectivity index (χ2n) is 7.02. The van der Waals surface area contributed by atoms with Crippen LogP contribution in [0.2, 0.25) is 0 Å². The van der Waals surface area contributed by atoms with Gasteiger partial charge in [-0.1, -0.05) is 38.1 Å². The van der Waals surface area contributed by atoms with Crippen molar-refractivity contribution in [1.29, 1.82) is 0 Å². The number of likely N-dealkylation sites (tertiary alicyclic amines) is 1. The maximum absolute atomic E-state index is 12.0. The Morgan fingerprint density at radius 3 is 2.40 bits per heavy atom. The Kier molecular flexibility index (Phi) is 7.40. The Morgan fingerprint density at radius 1 is 1.12 bits per heavy atom. The minimum absolute atomic E-state index is 0.0422. The van der Waals surface area contributed by atoms with Gasteiger partial charge in [-0.15, -0.1) is 0 Å². The summed E-state index contributed by atoms with van der Waals surface area (Å²) in [6.07, 6.45) is 2.52. The van der Waals surface area contributed by atoms with Crippen molar-refractivity contribution in [3.63, 3.8) is 0 Å². The third-order valence-electron chi connectivity index (χ3n) is 4.63. The summed E-state index contributed by atoms with van der Waals surface area (Å²) < 4.78 is 0. The van der Waals surface area contributed by atoms with Gasteiger partial charge in [0.15, 0.2) is 0 Å². The number of carbonyl (C=O) groups excluding carboxylic acids is 2. The standard InChI is InChI=1S/C19H30N4O2/c1-14(2)18(20)19(25)22-12-17(24)21-11-15-7-3-4-8-16(15)13-23-9-5-6-10-23/h3-4,7-8,14,18H,5-6,9-13,20H2,1-2H3,(H,21,24)(H,22,25)/t18-/m0/s1. The van der Waals surface area contributed by atoms with Crippen LogP contribution in [0.15, 0.2) is 24.3 Å². The van der Waals surface area contributed by atoms with Gasteiger partial charge in [0.05, 0.1) is 12.6 Å². The lowest BCUT2D eigenvalue weighted by Crippen LogP contribution is -2.47. The van der Waals surface area contributed by atoms with Crippen molar-refractivity contribution >= 4 is 11.8 Å². The third-order valence-corrected chi connectivity index (χ3v) is 4.63. The van der Waals surface area contributed by atoms with E-state index in [0.717, 1.165) is 25.2 Å². The van der Waals surface area contributed by atoms with E-state index in [1.165, 1.54) is 18.4 Å². The van der Waals surface area contributed by atoms with Gasteiger partial charge in [-0.2, -0.15) is 0 Å². The van der Waals surface area contributed by atoms with Crippen LogP contribution in [0.4, 0.5) is 0 Å². The molecule has 2 amide bonds. The van der Waals surface area contributed by atoms with E-state index in [1.54, 1.807) is 0 Å². The lowest BCUT2D eigenvalue weighted by molar-refractivity contribution is -0.127. The van der Waals surface area contributed by atoms with Crippen molar-refractivity contribution in [1.82, 2.24) is 15.5 Å². The average molecular weight is 346 g/mol. The molecule has 1 heterocycles. The number of nitrogens with zero attached hydrogens (tertiary/aromatic N) is 1. The van der Waals surface area contributed by atoms with Crippen LogP contribution in [-0.4, -0.2) is 42.4 Å². The molecule has 0 aliphatic carbocycles. The molecule has 0 unspecified atom stereocenters. The van der Waals surface area contributed by atoms with Crippen LogP contribution >= 0.6 is 0 Å². The fourth-order valence-corrected chi connectivity index (χ4v) is 2.91. The van der Waals surface area contributed by atoms with E-state index in [2.05, 4.69) is 21.6 Å². The number of hydrogen-bond donors (Lipinski definition) is 3. The van der Waals surface area contributed by atoms with Crippen molar-refractivity contribution in [2.45, 2.75) is 45.8 Å². The summed E-state index contributed by atoms with van der Waals surface area (Å²) in [7, 11) is 0. The number of amides is 2. The van der Waals surface area contributed by atoms with Crippen LogP contribution in [0, 0.1) is 5.92 Å². The normalized spacial score (nSPS) is 16.0. The highest BCUT2D eigenvalue weighted by atomic mass is 16.2. The van der Waals surface area contributed by atoms with E-state index in [-0.39, 0.29) is 24.3 Å². The highest BCUT2D eigenvalue weighted by molar-refractivity contribution is 5.87. The monoisotopic (exact) mass is 346 g/mol. The number of rotatable bonds is 8. The second-order valence-corrected chi connectivity index (χ2v) is 7.02. The molecule has 6 nitrogen and oxygen atoms in total. The van der Waals surface area contributed by atoms with Gasteiger partial charge in [0.25, 0.3) is 0 Å². The van der Waals surface area contributed by atoms with Crippen LogP contribution in [0.1, 0.15) is 37.8 Å². The molecule has 1 aromatic carbocycles. The first-order chi connectivity index (χ1) is 12.0. The molecule has 6 heteroatoms. The zero-order valence-electron chi connectivity index (χ0n) is 15.3. The molecule has 1 aromatic rings. The van der Waals surface area contributed by atoms with Crippen molar-refractivity contribution in [2.24, 2.45) is 11.7 Å². The van der Waals surface area contributed by atoms with Gasteiger partial charge in [-0.25, -0.2) is 0 Å². The molecule has 1 atom stereocenters. The highest BCUT2D eigenvalue weighted by Crippen LogP contribution is 2.16. The summed E-state index contributed by atoms with van der Waals surface area (Å²) >= 11 is 0. The summed E-state index contributed by atoms with van der Waals surface area (Å²) in [4.78, 5) is 26.2. The first-order valence-electron chi connectivity index (χ1n) is 9.06. The summed E-state index contributed by atoms with van der Waals surface area (Å²) in [5.41, 5.74) is 8.12. The number of nitrogens with two attached hydrogens (primary N) is 1. The maximum atomic E-state index is 12.0. The van der Waals surface area contributed by atoms with Crippen LogP contribution < -0.4 is 16.4 Å². The first-order valence-corrected chi connectivity index (χ1v) is 9.06. The topological polar surface area (TPSA) is 87.5 Å². The smallest absolute Gasteiger partial charge is 0.239 e. The Balaban J connectivity index is 1.80. The Hall–Kier alpha value is -1.92. The minimum atomic E-state index is -0.589. The number of carbonyl (C=O) groups is 2. The van der Waals surface area contributed by atoms with E-state index < -0.39 is 6.04 Å². The third kappa shape index (κ3) is 6.14. The minimum Gasteiger partial charge on any atom is -0.350 e. The molecule has 0 bridgehead atoms. The van der Waals surface area contributed by atoms with Crippen LogP contribution in [0.5, 0.6) is 0 Å². The number of benzene rings is 1. The SMILES string of the molecule is CC(C)[C@H](N)C(=O)NCC(=O)NCc1ccccc1CN1CCCC1. The lowest BCUT2D eigenvalue weighted by Gasteiger charge is -2.18. The van der Waals surface area contributed by atoms with Crippen molar-refractivity contribution in [2.75, 3.05) is 19.6 Å². The fourth-order valence-electron chi connectivity index (χ4n) is 2.91. The summed E-state index contributed by atoms with van der Waals surface area (Å²) in [5.74, 6) is -0.458. The molecule has 0 radical (unpaired) electrons. The van der Waals surface area contributed by atoms with Gasteiger partial charge < -0.3 is 16.4 Å². The Labute approximate surface area is 150 Å². The Bertz CT molecular complexity index is 583. The van der Waals surface area contributed by atoms with Crippen LogP contribution in [-0.2, 0) is 22.7 Å². The quantitative estimate of drug-likeness (QED) is 0.655. The lowest BCUT2D eigenvalue weighted by atomic mass is 10.1. The summed E-state index contributed by atoms with van der Waals surface area (Å²) in [5, 5.41) is 5.46. The zero-order valence-corrected chi connectivity index (χ0v) is 15.3. The summed E-state index contributed by atoms with van der Waals surface area (Å²) in [6, 6.07) is 7.58. The molecule has 0 aromatic heterocycles. The van der Waals surface area contributed by atoms with Gasteiger partial charge in [-0.05, 0) is 43.0 Å². The van der Waals surface area contributed by atoms with Gasteiger partial charge in [0, 0.05) is 13.1 Å². The predicted molar refractivity (Wildman–Crippen MR) is 98.6 cm³/mol. The van der Waals surface area contributed by atoms with E-state index in [4.69, 9.17) is 5.73 Å². The average Bonchev–Trinajstić information content (AvgIpc) is 3.11. The highest BCUT2D eigenvalue weighted by Gasteiger charge is 2.18. The van der Waals surface area contributed by atoms with Crippen LogP contribution in [0.25, 0.3) is 0 Å². The van der Waals surface area contributed by atoms with Gasteiger partial charge >= 0.3 is 0 Å². The predicted octanol–water partition coefficient (Wildman–Crippen LogP) is 0.998. The van der Waals surface area contributed by atoms with E-state index >= 15 is 0 Å². The summed E-state index contributed by atoms with van der Waals surface area (Å²) in [6.45, 7) is 7.38. The van der Waals surface area contributed by atoms with Gasteiger partial charge in [-0.3, -0.25) is 14.5 Å². The number of nitrogens with one attached hydrogen (secondary N) is 2. The molecule has 1 fully saturated rings. The van der Waals surface area contributed by atoms with E-state index in [9.17, 15) is 9.59 Å². The molecule has 138 valence electrons. The van der Waals surface area contributed by atoms with E-state index in [1.807, 2.05) is 32.0 Å². The van der Waals surface area contributed by atoms with Gasteiger partial charge in [0.1, 0.15) is 0 Å². The van der Waals surface area contributed by atoms with Crippen molar-refractivity contribution in [3.05, 3.63) is 35.4 Å².